The summed E-state index contributed by atoms with van der Waals surface area (Å²) < 4.78 is 23.6. The smallest absolute Gasteiger partial charge is 0.124 e. The first-order valence-corrected chi connectivity index (χ1v) is 5.72. The maximum atomic E-state index is 13.3. The lowest BCUT2D eigenvalue weighted by Crippen LogP contribution is -2.00. The van der Waals surface area contributed by atoms with Crippen LogP contribution in [0.1, 0.15) is 17.5 Å². The van der Waals surface area contributed by atoms with Gasteiger partial charge in [0.2, 0.25) is 0 Å². The Morgan fingerprint density at radius 1 is 1.28 bits per heavy atom. The fourth-order valence-corrected chi connectivity index (χ4v) is 1.44. The number of ether oxygens (including phenoxy) is 2. The molecule has 1 N–H and O–H groups in total. The predicted molar refractivity (Wildman–Crippen MR) is 66.5 cm³/mol. The first kappa shape index (κ1) is 14.7. The number of halogens is 1. The lowest BCUT2D eigenvalue weighted by molar-refractivity contribution is 0.0927. The highest BCUT2D eigenvalue weighted by atomic mass is 19.1. The maximum Gasteiger partial charge on any atom is 0.124 e. The molecule has 98 valence electrons. The van der Waals surface area contributed by atoms with Crippen LogP contribution in [-0.2, 0) is 16.1 Å². The van der Waals surface area contributed by atoms with Gasteiger partial charge in [-0.3, -0.25) is 0 Å². The summed E-state index contributed by atoms with van der Waals surface area (Å²) in [6.07, 6.45) is 0.809. The third-order valence-electron chi connectivity index (χ3n) is 2.18. The van der Waals surface area contributed by atoms with Crippen molar-refractivity contribution in [3.63, 3.8) is 0 Å². The summed E-state index contributed by atoms with van der Waals surface area (Å²) in [6.45, 7) is 1.33. The van der Waals surface area contributed by atoms with Gasteiger partial charge in [-0.25, -0.2) is 4.39 Å². The van der Waals surface area contributed by atoms with E-state index in [-0.39, 0.29) is 12.4 Å². The molecule has 0 aromatic heterocycles. The Balaban J connectivity index is 2.52. The zero-order chi connectivity index (χ0) is 13.2. The Hall–Kier alpha value is -1.41. The van der Waals surface area contributed by atoms with E-state index in [0.717, 1.165) is 12.0 Å². The molecule has 0 fully saturated rings. The fraction of sp³-hybridized carbons (Fsp3) is 0.429. The number of aliphatic hydroxyl groups is 1. The molecule has 0 aliphatic carbocycles. The molecule has 4 heteroatoms. The lowest BCUT2D eigenvalue weighted by Gasteiger charge is -2.05. The van der Waals surface area contributed by atoms with Crippen molar-refractivity contribution in [2.45, 2.75) is 13.0 Å². The van der Waals surface area contributed by atoms with Gasteiger partial charge in [-0.15, -0.1) is 0 Å². The first-order valence-electron chi connectivity index (χ1n) is 5.72. The van der Waals surface area contributed by atoms with Gasteiger partial charge < -0.3 is 14.6 Å². The molecule has 0 atom stereocenters. The molecule has 0 radical (unpaired) electrons. The number of rotatable bonds is 6. The largest absolute Gasteiger partial charge is 0.385 e. The average molecular weight is 252 g/mol. The fourth-order valence-electron chi connectivity index (χ4n) is 1.44. The number of aliphatic hydroxyl groups excluding tert-OH is 1. The van der Waals surface area contributed by atoms with Gasteiger partial charge >= 0.3 is 0 Å². The average Bonchev–Trinajstić information content (AvgIpc) is 2.35. The summed E-state index contributed by atoms with van der Waals surface area (Å²) in [4.78, 5) is 0. The van der Waals surface area contributed by atoms with Crippen LogP contribution in [0.2, 0.25) is 0 Å². The van der Waals surface area contributed by atoms with E-state index in [4.69, 9.17) is 14.6 Å². The van der Waals surface area contributed by atoms with Gasteiger partial charge in [-0.1, -0.05) is 11.8 Å². The Morgan fingerprint density at radius 2 is 2.11 bits per heavy atom. The summed E-state index contributed by atoms with van der Waals surface area (Å²) in [7, 11) is 1.64. The number of benzene rings is 1. The zero-order valence-corrected chi connectivity index (χ0v) is 10.4. The molecular formula is C14H17FO3. The van der Waals surface area contributed by atoms with Gasteiger partial charge in [0.05, 0.1) is 6.61 Å². The van der Waals surface area contributed by atoms with Crippen molar-refractivity contribution in [3.05, 3.63) is 35.1 Å². The minimum absolute atomic E-state index is 0.237. The number of hydrogen-bond donors (Lipinski definition) is 1. The van der Waals surface area contributed by atoms with Crippen molar-refractivity contribution in [1.82, 2.24) is 0 Å². The molecule has 0 unspecified atom stereocenters. The molecule has 0 aliphatic rings. The van der Waals surface area contributed by atoms with E-state index in [2.05, 4.69) is 11.8 Å². The topological polar surface area (TPSA) is 38.7 Å². The normalized spacial score (nSPS) is 9.94. The number of hydrogen-bond acceptors (Lipinski definition) is 3. The highest BCUT2D eigenvalue weighted by Crippen LogP contribution is 2.09. The van der Waals surface area contributed by atoms with Crippen LogP contribution < -0.4 is 0 Å². The standard InChI is InChI=1S/C14H17FO3/c1-17-6-3-7-18-11-13-8-12(4-2-5-16)9-14(15)10-13/h8-10,16H,3,5-7,11H2,1H3. The third-order valence-corrected chi connectivity index (χ3v) is 2.18. The van der Waals surface area contributed by atoms with E-state index in [1.807, 2.05) is 0 Å². The summed E-state index contributed by atoms with van der Waals surface area (Å²) in [5.74, 6) is 4.80. The Labute approximate surface area is 107 Å². The van der Waals surface area contributed by atoms with Gasteiger partial charge in [-0.05, 0) is 30.2 Å². The first-order chi connectivity index (χ1) is 8.76. The van der Waals surface area contributed by atoms with E-state index in [9.17, 15) is 4.39 Å². The Morgan fingerprint density at radius 3 is 2.83 bits per heavy atom. The molecule has 18 heavy (non-hydrogen) atoms. The van der Waals surface area contributed by atoms with Crippen molar-refractivity contribution in [1.29, 1.82) is 0 Å². The van der Waals surface area contributed by atoms with E-state index in [0.29, 0.717) is 25.4 Å². The van der Waals surface area contributed by atoms with Crippen molar-refractivity contribution in [2.75, 3.05) is 26.9 Å². The molecule has 1 aromatic rings. The maximum absolute atomic E-state index is 13.3. The van der Waals surface area contributed by atoms with Gasteiger partial charge in [0.15, 0.2) is 0 Å². The van der Waals surface area contributed by atoms with Crippen molar-refractivity contribution < 1.29 is 19.0 Å². The van der Waals surface area contributed by atoms with Crippen LogP contribution in [0.3, 0.4) is 0 Å². The molecule has 3 nitrogen and oxygen atoms in total. The second-order valence-corrected chi connectivity index (χ2v) is 3.71. The van der Waals surface area contributed by atoms with Crippen molar-refractivity contribution in [3.8, 4) is 11.8 Å². The number of methoxy groups -OCH3 is 1. The molecule has 0 saturated carbocycles. The van der Waals surface area contributed by atoms with Crippen LogP contribution in [0.4, 0.5) is 4.39 Å². The second kappa shape index (κ2) is 8.65. The molecular weight excluding hydrogens is 235 g/mol. The van der Waals surface area contributed by atoms with Crippen LogP contribution in [0.5, 0.6) is 0 Å². The highest BCUT2D eigenvalue weighted by Gasteiger charge is 2.00. The molecule has 1 aromatic carbocycles. The Kier molecular flexibility index (Phi) is 7.04. The zero-order valence-electron chi connectivity index (χ0n) is 10.4. The second-order valence-electron chi connectivity index (χ2n) is 3.71. The van der Waals surface area contributed by atoms with Crippen molar-refractivity contribution >= 4 is 0 Å². The van der Waals surface area contributed by atoms with Crippen LogP contribution >= 0.6 is 0 Å². The summed E-state index contributed by atoms with van der Waals surface area (Å²) in [5.41, 5.74) is 1.27. The monoisotopic (exact) mass is 252 g/mol. The molecule has 0 spiro atoms. The van der Waals surface area contributed by atoms with E-state index >= 15 is 0 Å². The summed E-state index contributed by atoms with van der Waals surface area (Å²) in [6, 6.07) is 4.50. The van der Waals surface area contributed by atoms with Gasteiger partial charge in [-0.2, -0.15) is 0 Å². The molecule has 0 bridgehead atoms. The quantitative estimate of drug-likeness (QED) is 0.619. The summed E-state index contributed by atoms with van der Waals surface area (Å²) >= 11 is 0. The van der Waals surface area contributed by atoms with Crippen molar-refractivity contribution in [2.24, 2.45) is 0 Å². The highest BCUT2D eigenvalue weighted by molar-refractivity contribution is 5.37. The minimum Gasteiger partial charge on any atom is -0.385 e. The lowest BCUT2D eigenvalue weighted by atomic mass is 10.1. The Bertz CT molecular complexity index is 421. The van der Waals surface area contributed by atoms with Gasteiger partial charge in [0.1, 0.15) is 12.4 Å². The molecule has 0 aliphatic heterocycles. The molecule has 0 amide bonds. The van der Waals surface area contributed by atoms with E-state index < -0.39 is 0 Å². The minimum atomic E-state index is -0.352. The third kappa shape index (κ3) is 5.78. The predicted octanol–water partition coefficient (Wildman–Crippen LogP) is 1.72. The van der Waals surface area contributed by atoms with Crippen LogP contribution in [0.25, 0.3) is 0 Å². The van der Waals surface area contributed by atoms with Gasteiger partial charge in [0, 0.05) is 25.9 Å². The molecule has 1 rings (SSSR count). The van der Waals surface area contributed by atoms with Gasteiger partial charge in [0.25, 0.3) is 0 Å². The van der Waals surface area contributed by atoms with Crippen LogP contribution in [0, 0.1) is 17.7 Å². The van der Waals surface area contributed by atoms with E-state index in [1.54, 1.807) is 13.2 Å². The summed E-state index contributed by atoms with van der Waals surface area (Å²) in [5, 5.41) is 8.59. The van der Waals surface area contributed by atoms with E-state index in [1.165, 1.54) is 12.1 Å². The SMILES string of the molecule is COCCCOCc1cc(F)cc(C#CCO)c1. The van der Waals surface area contributed by atoms with Crippen LogP contribution in [0.15, 0.2) is 18.2 Å². The molecule has 0 saturated heterocycles. The molecule has 0 heterocycles. The van der Waals surface area contributed by atoms with Crippen LogP contribution in [-0.4, -0.2) is 32.0 Å².